The second-order valence-electron chi connectivity index (χ2n) is 6.63. The molecule has 2 aromatic heterocycles. The fraction of sp³-hybridized carbons (Fsp3) is 0.591. The average Bonchev–Trinajstić information content (AvgIpc) is 3.08. The second kappa shape index (κ2) is 13.9. The minimum absolute atomic E-state index is 0.208. The summed E-state index contributed by atoms with van der Waals surface area (Å²) in [5, 5.41) is 1.87. The Morgan fingerprint density at radius 3 is 1.90 bits per heavy atom. The number of imidazole rings is 1. The number of aryl methyl sites for hydroxylation is 1. The highest BCUT2D eigenvalue weighted by Gasteiger charge is 2.16. The van der Waals surface area contributed by atoms with E-state index in [1.165, 1.54) is 0 Å². The molecule has 2 rings (SSSR count). The van der Waals surface area contributed by atoms with Crippen molar-refractivity contribution in [1.29, 1.82) is 0 Å². The van der Waals surface area contributed by atoms with Gasteiger partial charge >= 0.3 is 0 Å². The zero-order valence-electron chi connectivity index (χ0n) is 19.0. The molecule has 0 bridgehead atoms. The van der Waals surface area contributed by atoms with Gasteiger partial charge in [-0.3, -0.25) is 9.80 Å². The van der Waals surface area contributed by atoms with Crippen LogP contribution in [0.1, 0.15) is 27.7 Å². The molecule has 0 aliphatic carbocycles. The van der Waals surface area contributed by atoms with Gasteiger partial charge in [-0.25, -0.2) is 9.97 Å². The van der Waals surface area contributed by atoms with E-state index in [0.29, 0.717) is 17.2 Å². The quantitative estimate of drug-likeness (QED) is 0.222. The Morgan fingerprint density at radius 2 is 1.35 bits per heavy atom. The highest BCUT2D eigenvalue weighted by Crippen LogP contribution is 2.29. The maximum absolute atomic E-state index is 6.15. The molecule has 0 aliphatic heterocycles. The smallest absolute Gasteiger partial charge is 0.225 e. The minimum atomic E-state index is 0.208. The first kappa shape index (κ1) is 25.8. The Labute approximate surface area is 199 Å². The molecule has 31 heavy (non-hydrogen) atoms. The largest absolute Gasteiger partial charge is 0.318 e. The monoisotopic (exact) mass is 478 g/mol. The third-order valence-corrected chi connectivity index (χ3v) is 6.76. The van der Waals surface area contributed by atoms with Crippen LogP contribution in [0.3, 0.4) is 0 Å². The molecule has 0 aliphatic rings. The van der Waals surface area contributed by atoms with E-state index in [1.54, 1.807) is 23.5 Å². The van der Waals surface area contributed by atoms with Gasteiger partial charge < -0.3 is 4.57 Å². The van der Waals surface area contributed by atoms with Crippen LogP contribution in [0.5, 0.6) is 0 Å². The van der Waals surface area contributed by atoms with Crippen LogP contribution in [0.25, 0.3) is 11.2 Å². The molecular formula is C22H31ClN6S2. The number of aromatic nitrogens is 4. The lowest BCUT2D eigenvalue weighted by atomic mass is 10.5. The second-order valence-corrected chi connectivity index (χ2v) is 8.88. The van der Waals surface area contributed by atoms with Gasteiger partial charge in [-0.05, 0) is 37.8 Å². The molecule has 168 valence electrons. The Hall–Kier alpha value is -1.42. The van der Waals surface area contributed by atoms with Gasteiger partial charge in [0.25, 0.3) is 0 Å². The lowest BCUT2D eigenvalue weighted by Gasteiger charge is -2.13. The van der Waals surface area contributed by atoms with E-state index >= 15 is 0 Å². The van der Waals surface area contributed by atoms with E-state index in [0.717, 1.165) is 55.0 Å². The normalized spacial score (nSPS) is 11.0. The molecular weight excluding hydrogens is 448 g/mol. The first-order valence-electron chi connectivity index (χ1n) is 10.6. The minimum Gasteiger partial charge on any atom is -0.318 e. The molecule has 0 spiro atoms. The van der Waals surface area contributed by atoms with Crippen LogP contribution in [0, 0.1) is 23.7 Å². The van der Waals surface area contributed by atoms with Gasteiger partial charge in [0.15, 0.2) is 10.8 Å². The molecule has 0 atom stereocenters. The Bertz CT molecular complexity index is 961. The number of rotatable bonds is 10. The lowest BCUT2D eigenvalue weighted by molar-refractivity contribution is 0.342. The summed E-state index contributed by atoms with van der Waals surface area (Å²) in [7, 11) is 1.98. The lowest BCUT2D eigenvalue weighted by Crippen LogP contribution is -2.22. The van der Waals surface area contributed by atoms with Crippen LogP contribution in [-0.4, -0.2) is 80.1 Å². The number of hydrogen-bond donors (Lipinski definition) is 0. The molecule has 0 saturated heterocycles. The summed E-state index contributed by atoms with van der Waals surface area (Å²) in [4.78, 5) is 18.0. The van der Waals surface area contributed by atoms with Gasteiger partial charge in [0.1, 0.15) is 10.5 Å². The summed E-state index contributed by atoms with van der Waals surface area (Å²) >= 11 is 9.31. The Balaban J connectivity index is 2.06. The third-order valence-electron chi connectivity index (χ3n) is 4.83. The third kappa shape index (κ3) is 7.89. The Kier molecular flexibility index (Phi) is 11.6. The summed E-state index contributed by atoms with van der Waals surface area (Å²) < 4.78 is 2.02. The number of nitrogens with zero attached hydrogens (tertiary/aromatic N) is 6. The van der Waals surface area contributed by atoms with E-state index in [4.69, 9.17) is 11.6 Å². The van der Waals surface area contributed by atoms with Crippen molar-refractivity contribution in [3.05, 3.63) is 5.28 Å². The van der Waals surface area contributed by atoms with Gasteiger partial charge in [-0.15, -0.1) is 0 Å². The molecule has 0 fully saturated rings. The van der Waals surface area contributed by atoms with Gasteiger partial charge in [-0.1, -0.05) is 74.9 Å². The zero-order chi connectivity index (χ0) is 22.6. The number of fused-ring (bicyclic) bond motifs is 1. The van der Waals surface area contributed by atoms with Crippen molar-refractivity contribution in [3.8, 4) is 23.7 Å². The van der Waals surface area contributed by atoms with Crippen LogP contribution in [0.4, 0.5) is 0 Å². The standard InChI is InChI=1S/C22H31ClN6S2/c1-6-28(7-2)14-10-12-16-30-20-18-19(24-21(23)26-20)25-22(27(18)5)31-17-13-11-15-29(8-3)9-4/h6-9,14-17H2,1-5H3. The van der Waals surface area contributed by atoms with E-state index in [2.05, 4.69) is 76.1 Å². The molecule has 0 radical (unpaired) electrons. The van der Waals surface area contributed by atoms with Crippen LogP contribution in [0.2, 0.25) is 5.28 Å². The van der Waals surface area contributed by atoms with Gasteiger partial charge in [0.05, 0.1) is 24.6 Å². The maximum atomic E-state index is 6.15. The first-order valence-corrected chi connectivity index (χ1v) is 12.9. The van der Waals surface area contributed by atoms with Gasteiger partial charge in [-0.2, -0.15) is 4.98 Å². The summed E-state index contributed by atoms with van der Waals surface area (Å²) in [6.07, 6.45) is 0. The summed E-state index contributed by atoms with van der Waals surface area (Å²) in [6.45, 7) is 14.2. The number of thioether (sulfide) groups is 2. The highest BCUT2D eigenvalue weighted by atomic mass is 35.5. The molecule has 0 N–H and O–H groups in total. The molecule has 2 heterocycles. The average molecular weight is 479 g/mol. The van der Waals surface area contributed by atoms with Crippen molar-refractivity contribution in [1.82, 2.24) is 29.3 Å². The first-order chi connectivity index (χ1) is 15.0. The topological polar surface area (TPSA) is 50.1 Å². The van der Waals surface area contributed by atoms with Crippen molar-refractivity contribution in [2.24, 2.45) is 7.05 Å². The molecule has 6 nitrogen and oxygen atoms in total. The van der Waals surface area contributed by atoms with Crippen LogP contribution >= 0.6 is 35.1 Å². The number of hydrogen-bond acceptors (Lipinski definition) is 7. The van der Waals surface area contributed by atoms with E-state index in [1.807, 2.05) is 11.6 Å². The summed E-state index contributed by atoms with van der Waals surface area (Å²) in [6, 6.07) is 0. The maximum Gasteiger partial charge on any atom is 0.225 e. The van der Waals surface area contributed by atoms with Crippen molar-refractivity contribution < 1.29 is 0 Å². The van der Waals surface area contributed by atoms with Crippen molar-refractivity contribution in [2.75, 3.05) is 50.8 Å². The zero-order valence-corrected chi connectivity index (χ0v) is 21.4. The molecule has 0 aromatic carbocycles. The van der Waals surface area contributed by atoms with Crippen LogP contribution in [-0.2, 0) is 7.05 Å². The van der Waals surface area contributed by atoms with Crippen molar-refractivity contribution >= 4 is 46.3 Å². The number of halogens is 1. The van der Waals surface area contributed by atoms with E-state index in [9.17, 15) is 0 Å². The molecule has 0 unspecified atom stereocenters. The molecule has 0 saturated carbocycles. The van der Waals surface area contributed by atoms with Crippen molar-refractivity contribution in [2.45, 2.75) is 37.9 Å². The summed E-state index contributed by atoms with van der Waals surface area (Å²) in [5.74, 6) is 14.2. The Morgan fingerprint density at radius 1 is 0.806 bits per heavy atom. The van der Waals surface area contributed by atoms with E-state index in [-0.39, 0.29) is 5.28 Å². The SMILES string of the molecule is CCN(CC)CC#CCSc1nc(Cl)nc2nc(SCC#CCN(CC)CC)n(C)c12. The molecule has 2 aromatic rings. The van der Waals surface area contributed by atoms with Crippen molar-refractivity contribution in [3.63, 3.8) is 0 Å². The van der Waals surface area contributed by atoms with E-state index < -0.39 is 0 Å². The van der Waals surface area contributed by atoms with Crippen LogP contribution in [0.15, 0.2) is 10.2 Å². The summed E-state index contributed by atoms with van der Waals surface area (Å²) in [5.41, 5.74) is 1.50. The predicted molar refractivity (Wildman–Crippen MR) is 134 cm³/mol. The molecule has 0 amide bonds. The fourth-order valence-corrected chi connectivity index (χ4v) is 4.58. The van der Waals surface area contributed by atoms with Gasteiger partial charge in [0, 0.05) is 7.05 Å². The predicted octanol–water partition coefficient (Wildman–Crippen LogP) is 3.89. The van der Waals surface area contributed by atoms with Gasteiger partial charge in [0.2, 0.25) is 5.28 Å². The molecule has 9 heteroatoms. The fourth-order valence-electron chi connectivity index (χ4n) is 2.80. The highest BCUT2D eigenvalue weighted by molar-refractivity contribution is 7.99. The van der Waals surface area contributed by atoms with Crippen LogP contribution < -0.4 is 0 Å².